The Labute approximate surface area is 122 Å². The van der Waals surface area contributed by atoms with Gasteiger partial charge in [0.2, 0.25) is 5.91 Å². The maximum atomic E-state index is 12.1. The van der Waals surface area contributed by atoms with E-state index in [1.165, 1.54) is 5.56 Å². The normalized spacial score (nSPS) is 16.5. The lowest BCUT2D eigenvalue weighted by molar-refractivity contribution is -0.130. The summed E-state index contributed by atoms with van der Waals surface area (Å²) in [7, 11) is 2.09. The molecular weight excluding hydrogens is 306 g/mol. The first-order valence-electron chi connectivity index (χ1n) is 6.52. The number of carbonyl (C=O) groups is 1. The van der Waals surface area contributed by atoms with E-state index in [0.29, 0.717) is 6.54 Å². The van der Waals surface area contributed by atoms with E-state index in [9.17, 15) is 4.79 Å². The van der Waals surface area contributed by atoms with Gasteiger partial charge >= 0.3 is 0 Å². The van der Waals surface area contributed by atoms with Crippen LogP contribution < -0.4 is 5.32 Å². The van der Waals surface area contributed by atoms with E-state index in [2.05, 4.69) is 33.2 Å². The molecule has 0 spiro atoms. The van der Waals surface area contributed by atoms with Crippen LogP contribution in [0.2, 0.25) is 0 Å². The van der Waals surface area contributed by atoms with E-state index >= 15 is 0 Å². The fraction of sp³-hybridized carbons (Fsp3) is 0.500. The molecule has 1 amide bonds. The van der Waals surface area contributed by atoms with E-state index in [1.807, 2.05) is 30.0 Å². The fourth-order valence-corrected chi connectivity index (χ4v) is 2.79. The highest BCUT2D eigenvalue weighted by molar-refractivity contribution is 9.10. The highest BCUT2D eigenvalue weighted by Crippen LogP contribution is 2.18. The molecule has 1 fully saturated rings. The minimum atomic E-state index is 0.172. The molecule has 0 radical (unpaired) electrons. The second kappa shape index (κ2) is 6.39. The molecule has 1 aromatic rings. The lowest BCUT2D eigenvalue weighted by Crippen LogP contribution is -2.48. The van der Waals surface area contributed by atoms with Gasteiger partial charge < -0.3 is 15.1 Å². The molecule has 1 heterocycles. The van der Waals surface area contributed by atoms with Crippen molar-refractivity contribution in [3.63, 3.8) is 0 Å². The van der Waals surface area contributed by atoms with Crippen molar-refractivity contribution >= 4 is 27.5 Å². The second-order valence-electron chi connectivity index (χ2n) is 5.05. The van der Waals surface area contributed by atoms with Gasteiger partial charge in [-0.25, -0.2) is 0 Å². The number of carbonyl (C=O) groups excluding carboxylic acids is 1. The van der Waals surface area contributed by atoms with Gasteiger partial charge in [0.1, 0.15) is 0 Å². The third kappa shape index (κ3) is 4.21. The third-order valence-corrected chi connectivity index (χ3v) is 3.80. The summed E-state index contributed by atoms with van der Waals surface area (Å²) in [5, 5.41) is 3.20. The number of piperazine rings is 1. The quantitative estimate of drug-likeness (QED) is 0.922. The van der Waals surface area contributed by atoms with Crippen molar-refractivity contribution in [1.29, 1.82) is 0 Å². The van der Waals surface area contributed by atoms with Gasteiger partial charge in [0.05, 0.1) is 6.54 Å². The summed E-state index contributed by atoms with van der Waals surface area (Å²) in [6.07, 6.45) is 0. The third-order valence-electron chi connectivity index (χ3n) is 3.34. The second-order valence-corrected chi connectivity index (χ2v) is 5.97. The van der Waals surface area contributed by atoms with Gasteiger partial charge in [-0.15, -0.1) is 0 Å². The molecule has 19 heavy (non-hydrogen) atoms. The largest absolute Gasteiger partial charge is 0.376 e. The van der Waals surface area contributed by atoms with Crippen molar-refractivity contribution in [2.24, 2.45) is 0 Å². The van der Waals surface area contributed by atoms with E-state index in [-0.39, 0.29) is 5.91 Å². The Bertz CT molecular complexity index is 436. The molecule has 1 aliphatic heterocycles. The van der Waals surface area contributed by atoms with Crippen molar-refractivity contribution in [3.05, 3.63) is 28.2 Å². The predicted molar refractivity (Wildman–Crippen MR) is 81.4 cm³/mol. The van der Waals surface area contributed by atoms with Crippen molar-refractivity contribution in [2.45, 2.75) is 6.92 Å². The summed E-state index contributed by atoms with van der Waals surface area (Å²) in [6.45, 7) is 5.98. The van der Waals surface area contributed by atoms with Crippen LogP contribution in [0.25, 0.3) is 0 Å². The molecule has 0 aromatic heterocycles. The van der Waals surface area contributed by atoms with Gasteiger partial charge in [-0.3, -0.25) is 4.79 Å². The maximum Gasteiger partial charge on any atom is 0.241 e. The molecule has 1 saturated heterocycles. The van der Waals surface area contributed by atoms with Crippen LogP contribution in [-0.2, 0) is 4.79 Å². The average molecular weight is 326 g/mol. The molecular formula is C14H20BrN3O. The molecule has 0 unspecified atom stereocenters. The van der Waals surface area contributed by atoms with Crippen LogP contribution in [0.1, 0.15) is 5.56 Å². The summed E-state index contributed by atoms with van der Waals surface area (Å²) < 4.78 is 1.03. The standard InChI is InChI=1S/C14H20BrN3O/c1-11-7-12(15)9-13(8-11)16-10-14(19)18-5-3-17(2)4-6-18/h7-9,16H,3-6,10H2,1-2H3. The number of nitrogens with zero attached hydrogens (tertiary/aromatic N) is 2. The predicted octanol–water partition coefficient (Wildman–Crippen LogP) is 1.94. The molecule has 0 bridgehead atoms. The number of likely N-dealkylation sites (N-methyl/N-ethyl adjacent to an activating group) is 1. The van der Waals surface area contributed by atoms with Crippen molar-refractivity contribution in [2.75, 3.05) is 45.1 Å². The zero-order valence-corrected chi connectivity index (χ0v) is 13.0. The molecule has 104 valence electrons. The minimum absolute atomic E-state index is 0.172. The average Bonchev–Trinajstić information content (AvgIpc) is 2.36. The zero-order valence-electron chi connectivity index (χ0n) is 11.4. The number of benzene rings is 1. The smallest absolute Gasteiger partial charge is 0.241 e. The van der Waals surface area contributed by atoms with Crippen molar-refractivity contribution in [3.8, 4) is 0 Å². The summed E-state index contributed by atoms with van der Waals surface area (Å²) in [5.41, 5.74) is 2.15. The van der Waals surface area contributed by atoms with E-state index < -0.39 is 0 Å². The SMILES string of the molecule is Cc1cc(Br)cc(NCC(=O)N2CCN(C)CC2)c1. The molecule has 0 atom stereocenters. The van der Waals surface area contributed by atoms with Gasteiger partial charge in [-0.05, 0) is 37.7 Å². The number of amides is 1. The highest BCUT2D eigenvalue weighted by atomic mass is 79.9. The van der Waals surface area contributed by atoms with E-state index in [4.69, 9.17) is 0 Å². The molecule has 0 aliphatic carbocycles. The Morgan fingerprint density at radius 3 is 2.58 bits per heavy atom. The number of anilines is 1. The van der Waals surface area contributed by atoms with Crippen LogP contribution in [0.4, 0.5) is 5.69 Å². The number of nitrogens with one attached hydrogen (secondary N) is 1. The molecule has 1 N–H and O–H groups in total. The summed E-state index contributed by atoms with van der Waals surface area (Å²) >= 11 is 3.46. The lowest BCUT2D eigenvalue weighted by atomic mass is 10.2. The summed E-state index contributed by atoms with van der Waals surface area (Å²) in [6, 6.07) is 6.08. The molecule has 1 aromatic carbocycles. The molecule has 1 aliphatic rings. The Hall–Kier alpha value is -1.07. The number of hydrogen-bond donors (Lipinski definition) is 1. The molecule has 2 rings (SSSR count). The van der Waals surface area contributed by atoms with Crippen LogP contribution in [0, 0.1) is 6.92 Å². The Morgan fingerprint density at radius 1 is 1.26 bits per heavy atom. The monoisotopic (exact) mass is 325 g/mol. The van der Waals surface area contributed by atoms with Crippen molar-refractivity contribution < 1.29 is 4.79 Å². The van der Waals surface area contributed by atoms with Crippen LogP contribution in [-0.4, -0.2) is 55.5 Å². The Balaban J connectivity index is 1.86. The first kappa shape index (κ1) is 14.3. The van der Waals surface area contributed by atoms with Crippen LogP contribution >= 0.6 is 15.9 Å². The zero-order chi connectivity index (χ0) is 13.8. The first-order valence-corrected chi connectivity index (χ1v) is 7.31. The van der Waals surface area contributed by atoms with Crippen LogP contribution in [0.15, 0.2) is 22.7 Å². The van der Waals surface area contributed by atoms with E-state index in [1.54, 1.807) is 0 Å². The maximum absolute atomic E-state index is 12.1. The summed E-state index contributed by atoms with van der Waals surface area (Å²) in [4.78, 5) is 16.3. The first-order chi connectivity index (χ1) is 9.04. The number of rotatable bonds is 3. The molecule has 5 heteroatoms. The highest BCUT2D eigenvalue weighted by Gasteiger charge is 2.18. The Morgan fingerprint density at radius 2 is 1.95 bits per heavy atom. The van der Waals surface area contributed by atoms with Crippen LogP contribution in [0.3, 0.4) is 0 Å². The number of hydrogen-bond acceptors (Lipinski definition) is 3. The number of halogens is 1. The van der Waals surface area contributed by atoms with Gasteiger partial charge in [0.25, 0.3) is 0 Å². The van der Waals surface area contributed by atoms with Gasteiger partial charge in [-0.2, -0.15) is 0 Å². The van der Waals surface area contributed by atoms with Crippen molar-refractivity contribution in [1.82, 2.24) is 9.80 Å². The lowest BCUT2D eigenvalue weighted by Gasteiger charge is -2.32. The van der Waals surface area contributed by atoms with Gasteiger partial charge in [-0.1, -0.05) is 15.9 Å². The minimum Gasteiger partial charge on any atom is -0.376 e. The van der Waals surface area contributed by atoms with Gasteiger partial charge in [0, 0.05) is 36.3 Å². The molecule has 4 nitrogen and oxygen atoms in total. The topological polar surface area (TPSA) is 35.6 Å². The molecule has 0 saturated carbocycles. The summed E-state index contributed by atoms with van der Waals surface area (Å²) in [5.74, 6) is 0.172. The van der Waals surface area contributed by atoms with E-state index in [0.717, 1.165) is 36.3 Å². The Kier molecular flexibility index (Phi) is 4.82. The fourth-order valence-electron chi connectivity index (χ4n) is 2.18. The van der Waals surface area contributed by atoms with Crippen LogP contribution in [0.5, 0.6) is 0 Å². The number of aryl methyl sites for hydroxylation is 1. The van der Waals surface area contributed by atoms with Gasteiger partial charge in [0.15, 0.2) is 0 Å².